The van der Waals surface area contributed by atoms with E-state index in [0.717, 1.165) is 116 Å². The predicted molar refractivity (Wildman–Crippen MR) is 362 cm³/mol. The van der Waals surface area contributed by atoms with Crippen LogP contribution in [0.15, 0.2) is 97.2 Å². The number of hydrogen-bond acceptors (Lipinski definition) is 6. The summed E-state index contributed by atoms with van der Waals surface area (Å²) in [6.07, 6.45) is 95.8. The van der Waals surface area contributed by atoms with Gasteiger partial charge in [0.15, 0.2) is 6.10 Å². The van der Waals surface area contributed by atoms with E-state index in [-0.39, 0.29) is 37.5 Å². The zero-order valence-corrected chi connectivity index (χ0v) is 54.9. The summed E-state index contributed by atoms with van der Waals surface area (Å²) in [6.45, 7) is 6.51. The molecule has 0 fully saturated rings. The normalized spacial score (nSPS) is 12.7. The molecule has 0 radical (unpaired) electrons. The first kappa shape index (κ1) is 79.3. The Balaban J connectivity index is 4.36. The van der Waals surface area contributed by atoms with Crippen molar-refractivity contribution in [3.05, 3.63) is 97.2 Å². The number of carbonyl (C=O) groups excluding carboxylic acids is 3. The fourth-order valence-electron chi connectivity index (χ4n) is 10.2. The van der Waals surface area contributed by atoms with Crippen LogP contribution in [0.1, 0.15) is 355 Å². The summed E-state index contributed by atoms with van der Waals surface area (Å²) in [6, 6.07) is 0. The standard InChI is InChI=1S/C77H134O6/c1-4-7-10-13-16-19-22-25-28-31-34-35-36-37-38-39-40-41-44-46-49-52-55-58-61-64-67-70-76(79)82-73-74(83-77(80)71-68-65-62-59-56-53-50-47-43-33-30-27-24-21-18-15-12-9-6-3)72-81-75(78)69-66-63-60-57-54-51-48-45-42-32-29-26-23-20-17-14-11-8-5-2/h9,12,17-18,20-21,26-27,29-30,42-43,45,47,53,56,74H,4-8,10-11,13-16,19,22-25,28,31-41,44,46,48-52,54-55,57-73H2,1-3H3/b12-9-,20-17-,21-18-,29-26-,30-27-,45-42-,47-43-,56-53-. The van der Waals surface area contributed by atoms with Gasteiger partial charge in [-0.3, -0.25) is 14.4 Å². The van der Waals surface area contributed by atoms with E-state index in [1.807, 2.05) is 0 Å². The first-order valence-electron chi connectivity index (χ1n) is 35.7. The summed E-state index contributed by atoms with van der Waals surface area (Å²) < 4.78 is 17.0. The van der Waals surface area contributed by atoms with Crippen molar-refractivity contribution >= 4 is 17.9 Å². The Bertz CT molecular complexity index is 1610. The summed E-state index contributed by atoms with van der Waals surface area (Å²) in [5, 5.41) is 0. The van der Waals surface area contributed by atoms with Crippen LogP contribution >= 0.6 is 0 Å². The maximum atomic E-state index is 12.9. The SMILES string of the molecule is CC/C=C\C/C=C\C/C=C\C/C=C\C/C=C\CCCCCC(=O)OC(COC(=O)CCCCCCCC/C=C\C/C=C\C/C=C\CCCCC)COC(=O)CCCCCCCCCCCCCCCCCCCCCCCCCCCCC. The minimum atomic E-state index is -0.803. The Hall–Kier alpha value is -3.67. The van der Waals surface area contributed by atoms with Crippen LogP contribution in [0.2, 0.25) is 0 Å². The minimum Gasteiger partial charge on any atom is -0.462 e. The van der Waals surface area contributed by atoms with Gasteiger partial charge in [0.05, 0.1) is 0 Å². The Morgan fingerprint density at radius 1 is 0.253 bits per heavy atom. The van der Waals surface area contributed by atoms with Crippen LogP contribution in [0, 0.1) is 0 Å². The molecule has 0 saturated carbocycles. The summed E-state index contributed by atoms with van der Waals surface area (Å²) in [5.41, 5.74) is 0. The van der Waals surface area contributed by atoms with Crippen molar-refractivity contribution in [3.8, 4) is 0 Å². The molecule has 478 valence electrons. The van der Waals surface area contributed by atoms with Gasteiger partial charge >= 0.3 is 17.9 Å². The Morgan fingerprint density at radius 2 is 0.470 bits per heavy atom. The second-order valence-corrected chi connectivity index (χ2v) is 23.8. The Labute approximate surface area is 515 Å². The first-order chi connectivity index (χ1) is 41.0. The van der Waals surface area contributed by atoms with Crippen molar-refractivity contribution in [2.24, 2.45) is 0 Å². The molecule has 0 heterocycles. The van der Waals surface area contributed by atoms with E-state index in [2.05, 4.69) is 118 Å². The lowest BCUT2D eigenvalue weighted by Gasteiger charge is -2.18. The highest BCUT2D eigenvalue weighted by atomic mass is 16.6. The van der Waals surface area contributed by atoms with E-state index in [4.69, 9.17) is 14.2 Å². The van der Waals surface area contributed by atoms with E-state index in [1.165, 1.54) is 199 Å². The molecule has 0 saturated heterocycles. The second kappa shape index (κ2) is 70.8. The van der Waals surface area contributed by atoms with E-state index in [9.17, 15) is 14.4 Å². The molecule has 0 aromatic carbocycles. The molecule has 1 atom stereocenters. The molecular formula is C77H134O6. The van der Waals surface area contributed by atoms with Crippen LogP contribution in [0.25, 0.3) is 0 Å². The van der Waals surface area contributed by atoms with Crippen molar-refractivity contribution in [2.45, 2.75) is 361 Å². The summed E-state index contributed by atoms with van der Waals surface area (Å²) in [7, 11) is 0. The van der Waals surface area contributed by atoms with Gasteiger partial charge in [-0.2, -0.15) is 0 Å². The maximum Gasteiger partial charge on any atom is 0.306 e. The molecule has 6 nitrogen and oxygen atoms in total. The quantitative estimate of drug-likeness (QED) is 0.0261. The molecule has 0 N–H and O–H groups in total. The van der Waals surface area contributed by atoms with Gasteiger partial charge in [0.25, 0.3) is 0 Å². The average Bonchev–Trinajstić information content (AvgIpc) is 3.50. The molecule has 0 spiro atoms. The topological polar surface area (TPSA) is 78.9 Å². The molecule has 83 heavy (non-hydrogen) atoms. The number of esters is 3. The molecule has 0 aliphatic carbocycles. The van der Waals surface area contributed by atoms with Crippen LogP contribution in [0.3, 0.4) is 0 Å². The molecule has 0 rings (SSSR count). The number of unbranched alkanes of at least 4 members (excludes halogenated alkanes) is 38. The largest absolute Gasteiger partial charge is 0.462 e. The Morgan fingerprint density at radius 3 is 0.771 bits per heavy atom. The van der Waals surface area contributed by atoms with Gasteiger partial charge in [-0.25, -0.2) is 0 Å². The third-order valence-electron chi connectivity index (χ3n) is 15.6. The number of ether oxygens (including phenoxy) is 3. The number of carbonyl (C=O) groups is 3. The third-order valence-corrected chi connectivity index (χ3v) is 15.6. The molecule has 1 unspecified atom stereocenters. The average molecular weight is 1160 g/mol. The second-order valence-electron chi connectivity index (χ2n) is 23.8. The lowest BCUT2D eigenvalue weighted by Crippen LogP contribution is -2.30. The van der Waals surface area contributed by atoms with Gasteiger partial charge in [0.1, 0.15) is 13.2 Å². The number of allylic oxidation sites excluding steroid dienone is 16. The maximum absolute atomic E-state index is 12.9. The summed E-state index contributed by atoms with van der Waals surface area (Å²) in [5.74, 6) is -0.922. The van der Waals surface area contributed by atoms with E-state index in [0.29, 0.717) is 12.8 Å². The van der Waals surface area contributed by atoms with E-state index in [1.54, 1.807) is 0 Å². The van der Waals surface area contributed by atoms with Crippen molar-refractivity contribution in [3.63, 3.8) is 0 Å². The van der Waals surface area contributed by atoms with Crippen LogP contribution < -0.4 is 0 Å². The highest BCUT2D eigenvalue weighted by molar-refractivity contribution is 5.71. The van der Waals surface area contributed by atoms with Crippen LogP contribution in [-0.2, 0) is 28.6 Å². The van der Waals surface area contributed by atoms with Gasteiger partial charge in [0.2, 0.25) is 0 Å². The number of rotatable bonds is 65. The lowest BCUT2D eigenvalue weighted by atomic mass is 10.0. The Kier molecular flexibility index (Phi) is 67.7. The van der Waals surface area contributed by atoms with Crippen molar-refractivity contribution in [1.82, 2.24) is 0 Å². The van der Waals surface area contributed by atoms with Crippen molar-refractivity contribution < 1.29 is 28.6 Å². The van der Waals surface area contributed by atoms with Crippen LogP contribution in [-0.4, -0.2) is 37.2 Å². The molecule has 0 aromatic rings. The van der Waals surface area contributed by atoms with Gasteiger partial charge in [-0.05, 0) is 103 Å². The summed E-state index contributed by atoms with van der Waals surface area (Å²) >= 11 is 0. The van der Waals surface area contributed by atoms with Gasteiger partial charge in [0, 0.05) is 19.3 Å². The van der Waals surface area contributed by atoms with Gasteiger partial charge in [-0.15, -0.1) is 0 Å². The summed E-state index contributed by atoms with van der Waals surface area (Å²) in [4.78, 5) is 38.5. The smallest absolute Gasteiger partial charge is 0.306 e. The van der Waals surface area contributed by atoms with Crippen LogP contribution in [0.4, 0.5) is 0 Å². The van der Waals surface area contributed by atoms with Crippen molar-refractivity contribution in [1.29, 1.82) is 0 Å². The molecule has 0 aliphatic rings. The third kappa shape index (κ3) is 69.0. The number of hydrogen-bond donors (Lipinski definition) is 0. The molecule has 0 aliphatic heterocycles. The zero-order valence-electron chi connectivity index (χ0n) is 54.9. The first-order valence-corrected chi connectivity index (χ1v) is 35.7. The van der Waals surface area contributed by atoms with Gasteiger partial charge < -0.3 is 14.2 Å². The highest BCUT2D eigenvalue weighted by Crippen LogP contribution is 2.18. The molecule has 0 aromatic heterocycles. The zero-order chi connectivity index (χ0) is 59.9. The van der Waals surface area contributed by atoms with Crippen LogP contribution in [0.5, 0.6) is 0 Å². The van der Waals surface area contributed by atoms with E-state index >= 15 is 0 Å². The highest BCUT2D eigenvalue weighted by Gasteiger charge is 2.19. The predicted octanol–water partition coefficient (Wildman–Crippen LogP) is 24.8. The minimum absolute atomic E-state index is 0.0931. The fourth-order valence-corrected chi connectivity index (χ4v) is 10.2. The van der Waals surface area contributed by atoms with Gasteiger partial charge in [-0.1, -0.05) is 330 Å². The lowest BCUT2D eigenvalue weighted by molar-refractivity contribution is -0.167. The molecular weight excluding hydrogens is 1020 g/mol. The molecule has 0 amide bonds. The van der Waals surface area contributed by atoms with Crippen molar-refractivity contribution in [2.75, 3.05) is 13.2 Å². The molecule has 0 bridgehead atoms. The molecule has 6 heteroatoms. The monoisotopic (exact) mass is 1160 g/mol. The van der Waals surface area contributed by atoms with E-state index < -0.39 is 6.10 Å². The fraction of sp³-hybridized carbons (Fsp3) is 0.753.